The Balaban J connectivity index is 1.49. The van der Waals surface area contributed by atoms with Gasteiger partial charge in [0.2, 0.25) is 5.78 Å². The molecule has 5 rings (SSSR count). The van der Waals surface area contributed by atoms with Crippen molar-refractivity contribution in [2.24, 2.45) is 0 Å². The van der Waals surface area contributed by atoms with Crippen molar-refractivity contribution in [1.82, 2.24) is 24.6 Å². The zero-order valence-corrected chi connectivity index (χ0v) is 13.4. The molecule has 2 N–H and O–H groups in total. The van der Waals surface area contributed by atoms with E-state index in [-0.39, 0.29) is 5.91 Å². The molecule has 1 amide bonds. The van der Waals surface area contributed by atoms with Crippen molar-refractivity contribution < 1.29 is 9.21 Å². The highest BCUT2D eigenvalue weighted by Gasteiger charge is 2.14. The second-order valence-electron chi connectivity index (χ2n) is 5.75. The van der Waals surface area contributed by atoms with Crippen LogP contribution in [-0.4, -0.2) is 30.5 Å². The van der Waals surface area contributed by atoms with Crippen LogP contribution in [0.4, 0.5) is 5.69 Å². The lowest BCUT2D eigenvalue weighted by atomic mass is 10.1. The predicted octanol–water partition coefficient (Wildman–Crippen LogP) is 3.12. The quantitative estimate of drug-likeness (QED) is 0.524. The average Bonchev–Trinajstić information content (AvgIpc) is 3.39. The van der Waals surface area contributed by atoms with Gasteiger partial charge in [-0.3, -0.25) is 14.3 Å². The monoisotopic (exact) mass is 344 g/mol. The first-order chi connectivity index (χ1) is 12.8. The maximum Gasteiger partial charge on any atom is 0.275 e. The summed E-state index contributed by atoms with van der Waals surface area (Å²) in [5.74, 6) is 0.174. The van der Waals surface area contributed by atoms with Crippen LogP contribution < -0.4 is 5.32 Å². The Hall–Kier alpha value is -3.94. The Morgan fingerprint density at radius 1 is 1.27 bits per heavy atom. The van der Waals surface area contributed by atoms with Gasteiger partial charge in [0.25, 0.3) is 5.91 Å². The van der Waals surface area contributed by atoms with Gasteiger partial charge in [0.15, 0.2) is 0 Å². The third-order valence-electron chi connectivity index (χ3n) is 4.08. The van der Waals surface area contributed by atoms with Gasteiger partial charge in [0.1, 0.15) is 11.4 Å². The van der Waals surface area contributed by atoms with E-state index in [1.165, 1.54) is 0 Å². The Morgan fingerprint density at radius 3 is 3.08 bits per heavy atom. The van der Waals surface area contributed by atoms with Gasteiger partial charge in [0, 0.05) is 35.2 Å². The van der Waals surface area contributed by atoms with E-state index in [2.05, 4.69) is 25.5 Å². The standard InChI is InChI=1S/C18H12N6O2/c25-17(15-9-24-6-1-5-19-18(24)21-15)20-12-2-3-14-13(8-12)16(23-22-14)11-4-7-26-10-11/h1-10H,(H,20,25)(H,22,23). The molecule has 8 heteroatoms. The molecule has 0 bridgehead atoms. The average molecular weight is 344 g/mol. The summed E-state index contributed by atoms with van der Waals surface area (Å²) >= 11 is 0. The molecule has 0 atom stereocenters. The number of nitrogens with one attached hydrogen (secondary N) is 2. The van der Waals surface area contributed by atoms with Crippen LogP contribution in [-0.2, 0) is 0 Å². The number of imidazole rings is 1. The number of fused-ring (bicyclic) bond motifs is 2. The van der Waals surface area contributed by atoms with Gasteiger partial charge in [0.05, 0.1) is 18.0 Å². The summed E-state index contributed by atoms with van der Waals surface area (Å²) in [6, 6.07) is 9.16. The molecule has 0 saturated heterocycles. The Bertz CT molecular complexity index is 1200. The molecule has 0 fully saturated rings. The van der Waals surface area contributed by atoms with Crippen molar-refractivity contribution in [3.63, 3.8) is 0 Å². The largest absolute Gasteiger partial charge is 0.472 e. The predicted molar refractivity (Wildman–Crippen MR) is 94.7 cm³/mol. The van der Waals surface area contributed by atoms with Gasteiger partial charge in [-0.1, -0.05) is 0 Å². The molecule has 26 heavy (non-hydrogen) atoms. The lowest BCUT2D eigenvalue weighted by Crippen LogP contribution is -2.12. The summed E-state index contributed by atoms with van der Waals surface area (Å²) in [7, 11) is 0. The van der Waals surface area contributed by atoms with Gasteiger partial charge in [-0.15, -0.1) is 0 Å². The summed E-state index contributed by atoms with van der Waals surface area (Å²) in [6.45, 7) is 0. The number of H-pyrrole nitrogens is 1. The number of carbonyl (C=O) groups excluding carboxylic acids is 1. The van der Waals surface area contributed by atoms with Crippen LogP contribution in [0.2, 0.25) is 0 Å². The number of hydrogen-bond acceptors (Lipinski definition) is 5. The van der Waals surface area contributed by atoms with Crippen LogP contribution in [0.15, 0.2) is 65.9 Å². The summed E-state index contributed by atoms with van der Waals surface area (Å²) in [5.41, 5.74) is 3.45. The molecule has 5 aromatic rings. The van der Waals surface area contributed by atoms with Crippen LogP contribution in [0.25, 0.3) is 27.9 Å². The fraction of sp³-hybridized carbons (Fsp3) is 0. The van der Waals surface area contributed by atoms with Crippen LogP contribution in [0.5, 0.6) is 0 Å². The van der Waals surface area contributed by atoms with Crippen molar-refractivity contribution in [2.45, 2.75) is 0 Å². The number of anilines is 1. The van der Waals surface area contributed by atoms with Crippen LogP contribution in [0.3, 0.4) is 0 Å². The Kier molecular flexibility index (Phi) is 3.08. The lowest BCUT2D eigenvalue weighted by Gasteiger charge is -2.03. The maximum atomic E-state index is 12.5. The van der Waals surface area contributed by atoms with Crippen LogP contribution in [0, 0.1) is 0 Å². The molecule has 0 aliphatic carbocycles. The van der Waals surface area contributed by atoms with Crippen molar-refractivity contribution in [1.29, 1.82) is 0 Å². The highest BCUT2D eigenvalue weighted by Crippen LogP contribution is 2.28. The molecule has 4 aromatic heterocycles. The van der Waals surface area contributed by atoms with E-state index in [0.717, 1.165) is 22.2 Å². The molecule has 0 radical (unpaired) electrons. The summed E-state index contributed by atoms with van der Waals surface area (Å²) in [6.07, 6.45) is 8.30. The van der Waals surface area contributed by atoms with E-state index in [1.54, 1.807) is 41.6 Å². The fourth-order valence-electron chi connectivity index (χ4n) is 2.85. The van der Waals surface area contributed by atoms with Crippen molar-refractivity contribution in [3.8, 4) is 11.3 Å². The minimum Gasteiger partial charge on any atom is -0.472 e. The van der Waals surface area contributed by atoms with Gasteiger partial charge < -0.3 is 9.73 Å². The topological polar surface area (TPSA) is 101 Å². The van der Waals surface area contributed by atoms with E-state index in [1.807, 2.05) is 24.3 Å². The van der Waals surface area contributed by atoms with Crippen LogP contribution in [0.1, 0.15) is 10.5 Å². The second kappa shape index (κ2) is 5.55. The molecule has 0 spiro atoms. The number of aromatic nitrogens is 5. The second-order valence-corrected chi connectivity index (χ2v) is 5.75. The zero-order chi connectivity index (χ0) is 17.5. The molecule has 126 valence electrons. The fourth-order valence-corrected chi connectivity index (χ4v) is 2.85. The third kappa shape index (κ3) is 2.32. The SMILES string of the molecule is O=C(Nc1ccc2[nH]nc(-c3ccoc3)c2c1)c1cn2cccnc2n1. The zero-order valence-electron chi connectivity index (χ0n) is 13.4. The number of amides is 1. The molecule has 0 aliphatic rings. The summed E-state index contributed by atoms with van der Waals surface area (Å²) in [4.78, 5) is 20.9. The minimum atomic E-state index is -0.303. The van der Waals surface area contributed by atoms with Crippen LogP contribution >= 0.6 is 0 Å². The molecule has 4 heterocycles. The molecule has 0 unspecified atom stereocenters. The number of furan rings is 1. The molecule has 1 aromatic carbocycles. The van der Waals surface area contributed by atoms with Gasteiger partial charge >= 0.3 is 0 Å². The van der Waals surface area contributed by atoms with E-state index in [9.17, 15) is 4.79 Å². The molecular weight excluding hydrogens is 332 g/mol. The van der Waals surface area contributed by atoms with E-state index >= 15 is 0 Å². The number of rotatable bonds is 3. The summed E-state index contributed by atoms with van der Waals surface area (Å²) in [5, 5.41) is 11.1. The minimum absolute atomic E-state index is 0.297. The van der Waals surface area contributed by atoms with Gasteiger partial charge in [-0.05, 0) is 30.3 Å². The van der Waals surface area contributed by atoms with Gasteiger partial charge in [-0.2, -0.15) is 5.10 Å². The highest BCUT2D eigenvalue weighted by atomic mass is 16.3. The Morgan fingerprint density at radius 2 is 2.23 bits per heavy atom. The highest BCUT2D eigenvalue weighted by molar-refractivity contribution is 6.05. The first-order valence-electron chi connectivity index (χ1n) is 7.90. The number of hydrogen-bond donors (Lipinski definition) is 2. The molecule has 0 saturated carbocycles. The first-order valence-corrected chi connectivity index (χ1v) is 7.90. The van der Waals surface area contributed by atoms with Crippen molar-refractivity contribution >= 4 is 28.3 Å². The summed E-state index contributed by atoms with van der Waals surface area (Å²) < 4.78 is 6.83. The first kappa shape index (κ1) is 14.4. The lowest BCUT2D eigenvalue weighted by molar-refractivity contribution is 0.102. The molecule has 8 nitrogen and oxygen atoms in total. The maximum absolute atomic E-state index is 12.5. The number of nitrogens with zero attached hydrogens (tertiary/aromatic N) is 4. The number of carbonyl (C=O) groups is 1. The van der Waals surface area contributed by atoms with Gasteiger partial charge in [-0.25, -0.2) is 9.97 Å². The normalized spacial score (nSPS) is 11.2. The number of benzene rings is 1. The Labute approximate surface area is 146 Å². The molecular formula is C18H12N6O2. The van der Waals surface area contributed by atoms with E-state index in [0.29, 0.717) is 17.2 Å². The van der Waals surface area contributed by atoms with Crippen molar-refractivity contribution in [2.75, 3.05) is 5.32 Å². The van der Waals surface area contributed by atoms with E-state index in [4.69, 9.17) is 4.42 Å². The van der Waals surface area contributed by atoms with E-state index < -0.39 is 0 Å². The smallest absolute Gasteiger partial charge is 0.275 e. The molecule has 0 aliphatic heterocycles. The number of aromatic amines is 1. The third-order valence-corrected chi connectivity index (χ3v) is 4.08. The van der Waals surface area contributed by atoms with Crippen molar-refractivity contribution in [3.05, 3.63) is 67.1 Å².